The molecule has 0 aromatic heterocycles. The summed E-state index contributed by atoms with van der Waals surface area (Å²) in [5.41, 5.74) is 22.9. The molecule has 0 saturated carbocycles. The van der Waals surface area contributed by atoms with Crippen LogP contribution in [0.1, 0.15) is 22.3 Å². The first kappa shape index (κ1) is 30.1. The summed E-state index contributed by atoms with van der Waals surface area (Å²) >= 11 is 0. The molecule has 0 amide bonds. The number of anilines is 4. The average molecular weight is 569 g/mol. The van der Waals surface area contributed by atoms with E-state index in [2.05, 4.69) is 24.3 Å². The highest BCUT2D eigenvalue weighted by Crippen LogP contribution is 2.39. The molecule has 0 heterocycles. The number of nitrogen functional groups attached to an aromatic ring is 4. The summed E-state index contributed by atoms with van der Waals surface area (Å²) in [6.07, 6.45) is 0. The van der Waals surface area contributed by atoms with E-state index in [1.807, 2.05) is 27.7 Å². The number of aryl methyl sites for hydroxylation is 4. The maximum atomic E-state index is 13.6. The topological polar surface area (TPSA) is 104 Å². The van der Waals surface area contributed by atoms with Crippen LogP contribution in [0.15, 0.2) is 24.3 Å². The van der Waals surface area contributed by atoms with Crippen molar-refractivity contribution in [2.24, 2.45) is 0 Å². The van der Waals surface area contributed by atoms with Gasteiger partial charge in [0, 0.05) is 11.4 Å². The van der Waals surface area contributed by atoms with Gasteiger partial charge < -0.3 is 22.9 Å². The maximum absolute atomic E-state index is 13.6. The molecule has 4 aromatic carbocycles. The van der Waals surface area contributed by atoms with Gasteiger partial charge in [-0.05, 0) is 85.3 Å². The third-order valence-electron chi connectivity index (χ3n) is 6.37. The zero-order valence-corrected chi connectivity index (χ0v) is 21.6. The van der Waals surface area contributed by atoms with Gasteiger partial charge in [-0.1, -0.05) is 0 Å². The van der Waals surface area contributed by atoms with Crippen LogP contribution in [0.2, 0.25) is 0 Å². The van der Waals surface area contributed by atoms with Crippen molar-refractivity contribution in [1.82, 2.24) is 0 Å². The minimum atomic E-state index is -2.32. The molecule has 12 heteroatoms. The molecule has 4 aromatic rings. The van der Waals surface area contributed by atoms with Crippen molar-refractivity contribution in [3.63, 3.8) is 0 Å². The molecule has 0 spiro atoms. The van der Waals surface area contributed by atoms with E-state index in [1.165, 1.54) is 11.1 Å². The zero-order chi connectivity index (χ0) is 30.4. The van der Waals surface area contributed by atoms with E-state index in [-0.39, 0.29) is 0 Å². The van der Waals surface area contributed by atoms with Crippen LogP contribution in [0, 0.1) is 74.2 Å². The van der Waals surface area contributed by atoms with Crippen molar-refractivity contribution in [3.8, 4) is 22.3 Å². The van der Waals surface area contributed by atoms with Crippen molar-refractivity contribution in [3.05, 3.63) is 93.1 Å². The van der Waals surface area contributed by atoms with Gasteiger partial charge in [-0.25, -0.2) is 35.1 Å². The predicted molar refractivity (Wildman–Crippen MR) is 140 cm³/mol. The van der Waals surface area contributed by atoms with Crippen LogP contribution in [0.4, 0.5) is 57.9 Å². The minimum Gasteiger partial charge on any atom is -0.398 e. The van der Waals surface area contributed by atoms with E-state index < -0.39 is 69.0 Å². The van der Waals surface area contributed by atoms with E-state index in [9.17, 15) is 35.1 Å². The van der Waals surface area contributed by atoms with Crippen LogP contribution >= 0.6 is 0 Å². The Bertz CT molecular complexity index is 1440. The summed E-state index contributed by atoms with van der Waals surface area (Å²) in [6, 6.07) is 8.53. The lowest BCUT2D eigenvalue weighted by Gasteiger charge is -2.13. The van der Waals surface area contributed by atoms with E-state index >= 15 is 0 Å². The third-order valence-corrected chi connectivity index (χ3v) is 6.37. The van der Waals surface area contributed by atoms with Gasteiger partial charge in [0.05, 0.1) is 11.1 Å². The van der Waals surface area contributed by atoms with Crippen molar-refractivity contribution < 1.29 is 35.1 Å². The lowest BCUT2D eigenvalue weighted by molar-refractivity contribution is 0.447. The van der Waals surface area contributed by atoms with Crippen molar-refractivity contribution in [2.75, 3.05) is 22.9 Å². The average Bonchev–Trinajstić information content (AvgIpc) is 2.91. The second-order valence-electron chi connectivity index (χ2n) is 9.14. The van der Waals surface area contributed by atoms with Gasteiger partial charge in [-0.15, -0.1) is 0 Å². The number of nitrogens with two attached hydrogens (primary N) is 4. The molecule has 4 rings (SSSR count). The minimum absolute atomic E-state index is 0.877. The summed E-state index contributed by atoms with van der Waals surface area (Å²) in [5, 5.41) is 0. The monoisotopic (exact) mass is 568 g/mol. The number of hydrogen-bond acceptors (Lipinski definition) is 4. The van der Waals surface area contributed by atoms with Crippen molar-refractivity contribution in [1.29, 1.82) is 0 Å². The molecular weight excluding hydrogens is 544 g/mol. The first-order chi connectivity index (χ1) is 18.5. The molecule has 4 nitrogen and oxygen atoms in total. The summed E-state index contributed by atoms with van der Waals surface area (Å²) in [7, 11) is 0. The van der Waals surface area contributed by atoms with E-state index in [0.29, 0.717) is 0 Å². The molecule has 0 aliphatic heterocycles. The molecule has 0 bridgehead atoms. The first-order valence-electron chi connectivity index (χ1n) is 11.5. The Hall–Kier alpha value is -4.48. The number of benzene rings is 4. The van der Waals surface area contributed by atoms with Gasteiger partial charge in [0.25, 0.3) is 0 Å². The molecule has 0 fully saturated rings. The Balaban J connectivity index is 0.000000225. The molecule has 0 aliphatic carbocycles. The highest BCUT2D eigenvalue weighted by molar-refractivity contribution is 5.74. The van der Waals surface area contributed by atoms with Crippen LogP contribution in [-0.2, 0) is 0 Å². The van der Waals surface area contributed by atoms with Gasteiger partial charge in [0.1, 0.15) is 11.4 Å². The SMILES string of the molecule is Cc1cc(-c2cc(C)c(N)c(C)c2)cc(C)c1N.Nc1c(F)c(F)c(-c2c(F)c(F)c(N)c(F)c2F)c(F)c1F. The molecule has 0 saturated heterocycles. The fourth-order valence-corrected chi connectivity index (χ4v) is 4.02. The number of hydrogen-bond donors (Lipinski definition) is 4. The highest BCUT2D eigenvalue weighted by Gasteiger charge is 2.32. The molecule has 8 N–H and O–H groups in total. The lowest BCUT2D eigenvalue weighted by Crippen LogP contribution is -2.10. The highest BCUT2D eigenvalue weighted by atomic mass is 19.2. The summed E-state index contributed by atoms with van der Waals surface area (Å²) in [4.78, 5) is 0. The fourth-order valence-electron chi connectivity index (χ4n) is 4.02. The standard InChI is InChI=1S/C16H20N2.C12H4F8N2/c1-9-5-13(6-10(2)15(9)17)14-7-11(3)16(18)12(4)8-14;13-3-1(4(14)8(18)11(21)7(3)17)2-5(15)9(19)12(22)10(20)6(2)16/h5-8H,17-18H2,1-4H3;21-22H2. The molecule has 40 heavy (non-hydrogen) atoms. The molecule has 0 unspecified atom stereocenters. The Morgan fingerprint density at radius 1 is 0.350 bits per heavy atom. The van der Waals surface area contributed by atoms with Gasteiger partial charge in [0.15, 0.2) is 46.5 Å². The summed E-state index contributed by atoms with van der Waals surface area (Å²) in [6.45, 7) is 8.18. The molecule has 212 valence electrons. The summed E-state index contributed by atoms with van der Waals surface area (Å²) < 4.78 is 108. The van der Waals surface area contributed by atoms with Crippen molar-refractivity contribution >= 4 is 22.7 Å². The largest absolute Gasteiger partial charge is 0.398 e. The van der Waals surface area contributed by atoms with Crippen LogP contribution < -0.4 is 22.9 Å². The first-order valence-corrected chi connectivity index (χ1v) is 11.5. The molecule has 0 aliphatic rings. The van der Waals surface area contributed by atoms with Gasteiger partial charge in [-0.2, -0.15) is 0 Å². The smallest absolute Gasteiger partial charge is 0.185 e. The van der Waals surface area contributed by atoms with Crippen LogP contribution in [0.25, 0.3) is 22.3 Å². The maximum Gasteiger partial charge on any atom is 0.185 e. The Morgan fingerprint density at radius 2 is 0.550 bits per heavy atom. The third kappa shape index (κ3) is 5.08. The normalized spacial score (nSPS) is 10.9. The van der Waals surface area contributed by atoms with Gasteiger partial charge >= 0.3 is 0 Å². The van der Waals surface area contributed by atoms with Gasteiger partial charge in [-0.3, -0.25) is 0 Å². The van der Waals surface area contributed by atoms with Crippen LogP contribution in [0.5, 0.6) is 0 Å². The fraction of sp³-hybridized carbons (Fsp3) is 0.143. The van der Waals surface area contributed by atoms with Gasteiger partial charge in [0.2, 0.25) is 0 Å². The number of rotatable bonds is 2. The molecule has 0 radical (unpaired) electrons. The van der Waals surface area contributed by atoms with E-state index in [4.69, 9.17) is 22.9 Å². The van der Waals surface area contributed by atoms with E-state index in [0.717, 1.165) is 33.6 Å². The lowest BCUT2D eigenvalue weighted by atomic mass is 9.95. The Kier molecular flexibility index (Phi) is 8.23. The Morgan fingerprint density at radius 3 is 0.750 bits per heavy atom. The quantitative estimate of drug-likeness (QED) is 0.115. The van der Waals surface area contributed by atoms with Crippen LogP contribution in [0.3, 0.4) is 0 Å². The second kappa shape index (κ2) is 10.9. The van der Waals surface area contributed by atoms with Crippen molar-refractivity contribution in [2.45, 2.75) is 27.7 Å². The predicted octanol–water partition coefficient (Wildman–Crippen LogP) is 7.38. The zero-order valence-electron chi connectivity index (χ0n) is 21.6. The molecule has 0 atom stereocenters. The second-order valence-corrected chi connectivity index (χ2v) is 9.14. The Labute approximate surface area is 224 Å². The summed E-state index contributed by atoms with van der Waals surface area (Å²) in [5.74, 6) is -18.0. The van der Waals surface area contributed by atoms with Crippen LogP contribution in [-0.4, -0.2) is 0 Å². The van der Waals surface area contributed by atoms with E-state index in [1.54, 1.807) is 0 Å². The molecular formula is C28H24F8N4. The number of halogens is 8.